The fraction of sp³-hybridized carbons (Fsp3) is 0.906. The van der Waals surface area contributed by atoms with E-state index in [1.54, 1.807) is 0 Å². The molecule has 0 saturated carbocycles. The summed E-state index contributed by atoms with van der Waals surface area (Å²) in [5, 5.41) is 54.5. The maximum atomic E-state index is 13.0. The molecule has 1 rings (SSSR count). The summed E-state index contributed by atoms with van der Waals surface area (Å²) in [6.07, 6.45) is 46.2. The van der Waals surface area contributed by atoms with Crippen LogP contribution >= 0.6 is 0 Å². The van der Waals surface area contributed by atoms with Gasteiger partial charge in [-0.1, -0.05) is 224 Å². The van der Waals surface area contributed by atoms with Crippen LogP contribution in [0.5, 0.6) is 0 Å². The summed E-state index contributed by atoms with van der Waals surface area (Å²) >= 11 is 0. The van der Waals surface area contributed by atoms with Gasteiger partial charge in [0.2, 0.25) is 5.91 Å². The Bertz CT molecular complexity index is 1020. The molecule has 1 heterocycles. The molecule has 0 aliphatic carbocycles. The van der Waals surface area contributed by atoms with Gasteiger partial charge in [0.05, 0.1) is 25.4 Å². The first kappa shape index (κ1) is 58.7. The SMILES string of the molecule is CCCCCCCCCCC/C=C\C/C=C\CCCCCCCCCC(=O)NC(COC1OC(CO)C(O)C(O)C1O)C(O)CCCCCCCCCCCCCCCCCC. The number of aliphatic hydroxyl groups excluding tert-OH is 5. The second-order valence-corrected chi connectivity index (χ2v) is 18.7. The quantitative estimate of drug-likeness (QED) is 0.0262. The normalized spacial score (nSPS) is 20.4. The van der Waals surface area contributed by atoms with E-state index in [0.29, 0.717) is 12.8 Å². The molecule has 9 heteroatoms. The zero-order valence-corrected chi connectivity index (χ0v) is 40.4. The molecule has 1 saturated heterocycles. The molecule has 0 aromatic heterocycles. The Labute approximate surface area is 381 Å². The van der Waals surface area contributed by atoms with Crippen LogP contribution in [0.3, 0.4) is 0 Å². The van der Waals surface area contributed by atoms with Crippen LogP contribution in [-0.4, -0.2) is 87.5 Å². The third-order valence-electron chi connectivity index (χ3n) is 12.8. The Balaban J connectivity index is 2.25. The van der Waals surface area contributed by atoms with Gasteiger partial charge in [-0.05, 0) is 44.9 Å². The summed E-state index contributed by atoms with van der Waals surface area (Å²) in [6, 6.07) is -0.721. The molecule has 7 unspecified atom stereocenters. The van der Waals surface area contributed by atoms with Gasteiger partial charge in [0, 0.05) is 6.42 Å². The number of rotatable bonds is 45. The molecule has 1 fully saturated rings. The molecule has 1 aliphatic rings. The molecular formula is C53H101NO8. The number of nitrogens with one attached hydrogen (secondary N) is 1. The highest BCUT2D eigenvalue weighted by Crippen LogP contribution is 2.23. The van der Waals surface area contributed by atoms with E-state index in [0.717, 1.165) is 51.4 Å². The molecule has 366 valence electrons. The fourth-order valence-electron chi connectivity index (χ4n) is 8.55. The van der Waals surface area contributed by atoms with Crippen molar-refractivity contribution in [3.05, 3.63) is 24.3 Å². The van der Waals surface area contributed by atoms with Gasteiger partial charge >= 0.3 is 0 Å². The van der Waals surface area contributed by atoms with Crippen molar-refractivity contribution in [2.24, 2.45) is 0 Å². The maximum absolute atomic E-state index is 13.0. The second-order valence-electron chi connectivity index (χ2n) is 18.7. The Morgan fingerprint density at radius 3 is 1.39 bits per heavy atom. The number of hydrogen-bond donors (Lipinski definition) is 6. The summed E-state index contributed by atoms with van der Waals surface area (Å²) in [5.74, 6) is -0.149. The van der Waals surface area contributed by atoms with Crippen molar-refractivity contribution < 1.29 is 39.8 Å². The summed E-state index contributed by atoms with van der Waals surface area (Å²) in [7, 11) is 0. The molecule has 6 N–H and O–H groups in total. The van der Waals surface area contributed by atoms with Crippen LogP contribution in [0.1, 0.15) is 251 Å². The molecule has 9 nitrogen and oxygen atoms in total. The van der Waals surface area contributed by atoms with Crippen molar-refractivity contribution >= 4 is 5.91 Å². The summed E-state index contributed by atoms with van der Waals surface area (Å²) in [5.41, 5.74) is 0. The van der Waals surface area contributed by atoms with E-state index >= 15 is 0 Å². The molecular weight excluding hydrogens is 779 g/mol. The molecule has 7 atom stereocenters. The standard InChI is InChI=1S/C53H101NO8/c1-3-5-7-9-11-13-15-17-19-21-22-23-24-25-26-27-29-31-33-35-37-39-41-43-49(57)54-46(45-61-53-52(60)51(59)50(58)48(44-55)62-53)47(56)42-40-38-36-34-32-30-28-20-18-16-14-12-10-8-6-4-2/h22-23,25-26,46-48,50-53,55-56,58-60H,3-21,24,27-45H2,1-2H3,(H,54,57)/b23-22-,26-25-. The zero-order chi connectivity index (χ0) is 45.1. The average Bonchev–Trinajstić information content (AvgIpc) is 3.27. The molecule has 0 radical (unpaired) electrons. The van der Waals surface area contributed by atoms with Gasteiger partial charge in [0.25, 0.3) is 0 Å². The lowest BCUT2D eigenvalue weighted by Crippen LogP contribution is -2.60. The van der Waals surface area contributed by atoms with E-state index < -0.39 is 49.5 Å². The van der Waals surface area contributed by atoms with Crippen molar-refractivity contribution in [1.82, 2.24) is 5.32 Å². The topological polar surface area (TPSA) is 149 Å². The van der Waals surface area contributed by atoms with Crippen LogP contribution in [0.2, 0.25) is 0 Å². The number of carbonyl (C=O) groups is 1. The number of amides is 1. The zero-order valence-electron chi connectivity index (χ0n) is 40.4. The highest BCUT2D eigenvalue weighted by atomic mass is 16.7. The average molecular weight is 880 g/mol. The second kappa shape index (κ2) is 43.6. The molecule has 0 aromatic rings. The summed E-state index contributed by atoms with van der Waals surface area (Å²) < 4.78 is 11.3. The van der Waals surface area contributed by atoms with E-state index in [-0.39, 0.29) is 12.5 Å². The number of allylic oxidation sites excluding steroid dienone is 4. The fourth-order valence-corrected chi connectivity index (χ4v) is 8.55. The number of carbonyl (C=O) groups excluding carboxylic acids is 1. The van der Waals surface area contributed by atoms with E-state index in [1.807, 2.05) is 0 Å². The van der Waals surface area contributed by atoms with Gasteiger partial charge < -0.3 is 40.3 Å². The predicted molar refractivity (Wildman–Crippen MR) is 258 cm³/mol. The van der Waals surface area contributed by atoms with Gasteiger partial charge in [-0.25, -0.2) is 0 Å². The minimum Gasteiger partial charge on any atom is -0.394 e. The van der Waals surface area contributed by atoms with Crippen molar-refractivity contribution in [1.29, 1.82) is 0 Å². The van der Waals surface area contributed by atoms with Gasteiger partial charge in [0.15, 0.2) is 6.29 Å². The van der Waals surface area contributed by atoms with E-state index in [2.05, 4.69) is 43.5 Å². The first-order chi connectivity index (χ1) is 30.3. The van der Waals surface area contributed by atoms with Gasteiger partial charge in [-0.2, -0.15) is 0 Å². The van der Waals surface area contributed by atoms with Gasteiger partial charge in [-0.15, -0.1) is 0 Å². The van der Waals surface area contributed by atoms with E-state index in [4.69, 9.17) is 9.47 Å². The minimum absolute atomic E-state index is 0.139. The number of hydrogen-bond acceptors (Lipinski definition) is 8. The largest absolute Gasteiger partial charge is 0.394 e. The van der Waals surface area contributed by atoms with Gasteiger partial charge in [0.1, 0.15) is 24.4 Å². The summed E-state index contributed by atoms with van der Waals surface area (Å²) in [4.78, 5) is 13.0. The lowest BCUT2D eigenvalue weighted by molar-refractivity contribution is -0.302. The summed E-state index contributed by atoms with van der Waals surface area (Å²) in [6.45, 7) is 3.85. The third kappa shape index (κ3) is 33.2. The van der Waals surface area contributed by atoms with Crippen LogP contribution in [0.15, 0.2) is 24.3 Å². The van der Waals surface area contributed by atoms with Crippen LogP contribution in [0.25, 0.3) is 0 Å². The lowest BCUT2D eigenvalue weighted by Gasteiger charge is -2.40. The molecule has 1 amide bonds. The van der Waals surface area contributed by atoms with Crippen molar-refractivity contribution in [2.45, 2.75) is 294 Å². The monoisotopic (exact) mass is 880 g/mol. The Kier molecular flexibility index (Phi) is 41.2. The van der Waals surface area contributed by atoms with Crippen molar-refractivity contribution in [3.8, 4) is 0 Å². The Hall–Kier alpha value is -1.33. The highest BCUT2D eigenvalue weighted by Gasteiger charge is 2.44. The van der Waals surface area contributed by atoms with Crippen LogP contribution in [0.4, 0.5) is 0 Å². The van der Waals surface area contributed by atoms with Crippen LogP contribution < -0.4 is 5.32 Å². The number of ether oxygens (including phenoxy) is 2. The van der Waals surface area contributed by atoms with Crippen LogP contribution in [0, 0.1) is 0 Å². The predicted octanol–water partition coefficient (Wildman–Crippen LogP) is 12.2. The van der Waals surface area contributed by atoms with E-state index in [9.17, 15) is 30.3 Å². The number of aliphatic hydroxyl groups is 5. The lowest BCUT2D eigenvalue weighted by atomic mass is 9.99. The Morgan fingerprint density at radius 1 is 0.548 bits per heavy atom. The third-order valence-corrected chi connectivity index (χ3v) is 12.8. The van der Waals surface area contributed by atoms with E-state index in [1.165, 1.54) is 173 Å². The molecule has 0 aromatic carbocycles. The van der Waals surface area contributed by atoms with Crippen molar-refractivity contribution in [2.75, 3.05) is 13.2 Å². The van der Waals surface area contributed by atoms with Crippen LogP contribution in [-0.2, 0) is 14.3 Å². The smallest absolute Gasteiger partial charge is 0.220 e. The molecule has 0 bridgehead atoms. The first-order valence-corrected chi connectivity index (χ1v) is 26.5. The van der Waals surface area contributed by atoms with Gasteiger partial charge in [-0.3, -0.25) is 4.79 Å². The molecule has 62 heavy (non-hydrogen) atoms. The first-order valence-electron chi connectivity index (χ1n) is 26.5. The maximum Gasteiger partial charge on any atom is 0.220 e. The van der Waals surface area contributed by atoms with Crippen molar-refractivity contribution in [3.63, 3.8) is 0 Å². The minimum atomic E-state index is -1.55. The number of unbranched alkanes of at least 4 members (excludes halogenated alkanes) is 31. The molecule has 0 spiro atoms. The molecule has 1 aliphatic heterocycles. The Morgan fingerprint density at radius 2 is 0.952 bits per heavy atom. The highest BCUT2D eigenvalue weighted by molar-refractivity contribution is 5.76.